The van der Waals surface area contributed by atoms with E-state index in [0.717, 1.165) is 31.1 Å². The van der Waals surface area contributed by atoms with Crippen molar-refractivity contribution in [1.29, 1.82) is 0 Å². The smallest absolute Gasteiger partial charge is 0.233 e. The zero-order valence-corrected chi connectivity index (χ0v) is 17.3. The number of benzene rings is 2. The van der Waals surface area contributed by atoms with Crippen LogP contribution in [0.3, 0.4) is 0 Å². The predicted molar refractivity (Wildman–Crippen MR) is 112 cm³/mol. The number of carbonyl (C=O) groups excluding carboxylic acids is 1. The van der Waals surface area contributed by atoms with Gasteiger partial charge in [-0.1, -0.05) is 35.3 Å². The molecule has 0 aliphatic carbocycles. The zero-order valence-electron chi connectivity index (χ0n) is 15.0. The van der Waals surface area contributed by atoms with Crippen molar-refractivity contribution in [2.24, 2.45) is 0 Å². The van der Waals surface area contributed by atoms with E-state index in [0.29, 0.717) is 15.8 Å². The van der Waals surface area contributed by atoms with Crippen LogP contribution in [0.25, 0.3) is 0 Å². The second-order valence-electron chi connectivity index (χ2n) is 6.45. The Morgan fingerprint density at radius 3 is 2.54 bits per heavy atom. The van der Waals surface area contributed by atoms with Crippen LogP contribution in [0.15, 0.2) is 41.3 Å². The minimum absolute atomic E-state index is 0.145. The molecule has 0 atom stereocenters. The minimum atomic E-state index is 0.145. The van der Waals surface area contributed by atoms with Gasteiger partial charge in [0.2, 0.25) is 5.91 Å². The largest absolute Gasteiger partial charge is 0.368 e. The van der Waals surface area contributed by atoms with E-state index in [4.69, 9.17) is 23.2 Å². The summed E-state index contributed by atoms with van der Waals surface area (Å²) >= 11 is 13.6. The highest BCUT2D eigenvalue weighted by molar-refractivity contribution is 8.00. The average Bonchev–Trinajstić information content (AvgIpc) is 2.64. The molecule has 0 spiro atoms. The molecule has 1 aliphatic rings. The fraction of sp³-hybridized carbons (Fsp3) is 0.350. The Hall–Kier alpha value is -1.36. The van der Waals surface area contributed by atoms with E-state index >= 15 is 0 Å². The Labute approximate surface area is 169 Å². The Kier molecular flexibility index (Phi) is 6.38. The first kappa shape index (κ1) is 19.4. The van der Waals surface area contributed by atoms with Crippen LogP contribution < -0.4 is 4.90 Å². The third-order valence-corrected chi connectivity index (χ3v) is 6.51. The quantitative estimate of drug-likeness (QED) is 0.661. The SMILES string of the molecule is Cc1cccc(N2CCN(C(=O)CSc3cc(Cl)ccc3Cl)CC2)c1C. The molecule has 0 aromatic heterocycles. The van der Waals surface area contributed by atoms with Crippen LogP contribution in [-0.2, 0) is 4.79 Å². The third kappa shape index (κ3) is 4.48. The summed E-state index contributed by atoms with van der Waals surface area (Å²) < 4.78 is 0. The number of halogens is 2. The van der Waals surface area contributed by atoms with Crippen molar-refractivity contribution in [2.45, 2.75) is 18.7 Å². The van der Waals surface area contributed by atoms with Crippen LogP contribution in [0.4, 0.5) is 5.69 Å². The molecule has 1 amide bonds. The van der Waals surface area contributed by atoms with Gasteiger partial charge in [-0.2, -0.15) is 0 Å². The summed E-state index contributed by atoms with van der Waals surface area (Å²) in [4.78, 5) is 17.7. The molecule has 1 heterocycles. The molecule has 3 nitrogen and oxygen atoms in total. The van der Waals surface area contributed by atoms with Gasteiger partial charge in [-0.25, -0.2) is 0 Å². The maximum atomic E-state index is 12.5. The lowest BCUT2D eigenvalue weighted by atomic mass is 10.1. The molecular weight excluding hydrogens is 387 g/mol. The molecule has 26 heavy (non-hydrogen) atoms. The number of amides is 1. The Balaban J connectivity index is 1.55. The molecule has 0 radical (unpaired) electrons. The molecule has 1 fully saturated rings. The van der Waals surface area contributed by atoms with Gasteiger partial charge in [0, 0.05) is 41.8 Å². The number of nitrogens with zero attached hydrogens (tertiary/aromatic N) is 2. The van der Waals surface area contributed by atoms with Gasteiger partial charge in [-0.15, -0.1) is 11.8 Å². The topological polar surface area (TPSA) is 23.6 Å². The highest BCUT2D eigenvalue weighted by Crippen LogP contribution is 2.30. The fourth-order valence-electron chi connectivity index (χ4n) is 3.09. The van der Waals surface area contributed by atoms with E-state index in [1.807, 2.05) is 4.90 Å². The summed E-state index contributed by atoms with van der Waals surface area (Å²) in [6.45, 7) is 7.51. The van der Waals surface area contributed by atoms with Crippen LogP contribution >= 0.6 is 35.0 Å². The molecule has 2 aromatic rings. The monoisotopic (exact) mass is 408 g/mol. The molecule has 0 saturated carbocycles. The lowest BCUT2D eigenvalue weighted by Gasteiger charge is -2.37. The molecular formula is C20H22Cl2N2OS. The minimum Gasteiger partial charge on any atom is -0.368 e. The molecule has 2 aromatic carbocycles. The van der Waals surface area contributed by atoms with Crippen molar-refractivity contribution in [1.82, 2.24) is 4.90 Å². The first-order chi connectivity index (χ1) is 12.5. The van der Waals surface area contributed by atoms with E-state index < -0.39 is 0 Å². The summed E-state index contributed by atoms with van der Waals surface area (Å²) in [6.07, 6.45) is 0. The number of carbonyl (C=O) groups is 1. The molecule has 0 bridgehead atoms. The number of anilines is 1. The van der Waals surface area contributed by atoms with Gasteiger partial charge < -0.3 is 9.80 Å². The Morgan fingerprint density at radius 2 is 1.81 bits per heavy atom. The van der Waals surface area contributed by atoms with Crippen molar-refractivity contribution >= 4 is 46.6 Å². The van der Waals surface area contributed by atoms with Crippen LogP contribution in [0.2, 0.25) is 10.0 Å². The Morgan fingerprint density at radius 1 is 1.08 bits per heavy atom. The number of hydrogen-bond donors (Lipinski definition) is 0. The number of hydrogen-bond acceptors (Lipinski definition) is 3. The highest BCUT2D eigenvalue weighted by Gasteiger charge is 2.22. The van der Waals surface area contributed by atoms with Crippen LogP contribution in [0, 0.1) is 13.8 Å². The van der Waals surface area contributed by atoms with Gasteiger partial charge in [0.15, 0.2) is 0 Å². The summed E-state index contributed by atoms with van der Waals surface area (Å²) in [5.74, 6) is 0.524. The molecule has 0 unspecified atom stereocenters. The molecule has 1 saturated heterocycles. The van der Waals surface area contributed by atoms with Gasteiger partial charge in [0.1, 0.15) is 0 Å². The van der Waals surface area contributed by atoms with Gasteiger partial charge >= 0.3 is 0 Å². The summed E-state index contributed by atoms with van der Waals surface area (Å²) in [7, 11) is 0. The molecule has 3 rings (SSSR count). The summed E-state index contributed by atoms with van der Waals surface area (Å²) in [5, 5.41) is 1.26. The van der Waals surface area contributed by atoms with Gasteiger partial charge in [-0.05, 0) is 49.2 Å². The van der Waals surface area contributed by atoms with E-state index in [1.165, 1.54) is 28.6 Å². The molecule has 6 heteroatoms. The second-order valence-corrected chi connectivity index (χ2v) is 8.31. The number of piperazine rings is 1. The van der Waals surface area contributed by atoms with Gasteiger partial charge in [-0.3, -0.25) is 4.79 Å². The zero-order chi connectivity index (χ0) is 18.7. The van der Waals surface area contributed by atoms with Crippen molar-refractivity contribution < 1.29 is 4.79 Å². The molecule has 1 aliphatic heterocycles. The predicted octanol–water partition coefficient (Wildman–Crippen LogP) is 5.05. The highest BCUT2D eigenvalue weighted by atomic mass is 35.5. The van der Waals surface area contributed by atoms with Crippen molar-refractivity contribution in [3.05, 3.63) is 57.6 Å². The van der Waals surface area contributed by atoms with Crippen LogP contribution in [0.1, 0.15) is 11.1 Å². The van der Waals surface area contributed by atoms with Gasteiger partial charge in [0.25, 0.3) is 0 Å². The maximum absolute atomic E-state index is 12.5. The third-order valence-electron chi connectivity index (χ3n) is 4.79. The first-order valence-corrected chi connectivity index (χ1v) is 10.4. The lowest BCUT2D eigenvalue weighted by molar-refractivity contribution is -0.128. The van der Waals surface area contributed by atoms with E-state index in [1.54, 1.807) is 18.2 Å². The summed E-state index contributed by atoms with van der Waals surface area (Å²) in [6, 6.07) is 11.7. The first-order valence-electron chi connectivity index (χ1n) is 8.62. The summed E-state index contributed by atoms with van der Waals surface area (Å²) in [5.41, 5.74) is 3.89. The van der Waals surface area contributed by atoms with Crippen LogP contribution in [0.5, 0.6) is 0 Å². The number of thioether (sulfide) groups is 1. The van der Waals surface area contributed by atoms with Gasteiger partial charge in [0.05, 0.1) is 10.8 Å². The van der Waals surface area contributed by atoms with E-state index in [9.17, 15) is 4.79 Å². The lowest BCUT2D eigenvalue weighted by Crippen LogP contribution is -2.49. The average molecular weight is 409 g/mol. The normalized spacial score (nSPS) is 14.6. The number of rotatable bonds is 4. The van der Waals surface area contributed by atoms with E-state index in [2.05, 4.69) is 36.9 Å². The van der Waals surface area contributed by atoms with Crippen LogP contribution in [-0.4, -0.2) is 42.7 Å². The Bertz CT molecular complexity index is 804. The maximum Gasteiger partial charge on any atom is 0.233 e. The molecule has 0 N–H and O–H groups in total. The second kappa shape index (κ2) is 8.55. The van der Waals surface area contributed by atoms with Crippen molar-refractivity contribution in [3.8, 4) is 0 Å². The van der Waals surface area contributed by atoms with Crippen molar-refractivity contribution in [2.75, 3.05) is 36.8 Å². The van der Waals surface area contributed by atoms with Crippen molar-refractivity contribution in [3.63, 3.8) is 0 Å². The fourth-order valence-corrected chi connectivity index (χ4v) is 4.49. The number of aryl methyl sites for hydroxylation is 1. The standard InChI is InChI=1S/C20H22Cl2N2OS/c1-14-4-3-5-18(15(14)2)23-8-10-24(11-9-23)20(25)13-26-19-12-16(21)6-7-17(19)22/h3-7,12H,8-11,13H2,1-2H3. The van der Waals surface area contributed by atoms with E-state index in [-0.39, 0.29) is 5.91 Å². The molecule has 138 valence electrons.